The van der Waals surface area contributed by atoms with Gasteiger partial charge in [0, 0.05) is 5.56 Å². The monoisotopic (exact) mass is 1470 g/mol. The number of rotatable bonds is 35. The second kappa shape index (κ2) is 40.1. The number of nitrogens with one attached hydrogen (secondary N) is 2. The molecule has 2 N–H and O–H groups in total. The maximum atomic E-state index is 15.8. The summed E-state index contributed by atoms with van der Waals surface area (Å²) in [7, 11) is 1.57. The zero-order valence-corrected chi connectivity index (χ0v) is 60.2. The molecule has 4 fully saturated rings. The second-order valence-electron chi connectivity index (χ2n) is 26.5. The molecule has 564 valence electrons. The minimum Gasteiger partial charge on any atom is -0.497 e. The van der Waals surface area contributed by atoms with Gasteiger partial charge in [-0.2, -0.15) is 0 Å². The van der Waals surface area contributed by atoms with Crippen LogP contribution in [0.4, 0.5) is 9.59 Å². The van der Waals surface area contributed by atoms with Crippen molar-refractivity contribution in [1.29, 1.82) is 0 Å². The van der Waals surface area contributed by atoms with E-state index >= 15 is 9.59 Å². The molecule has 4 aliphatic heterocycles. The minimum absolute atomic E-state index is 0.0125. The van der Waals surface area contributed by atoms with Gasteiger partial charge >= 0.3 is 12.2 Å². The molecule has 4 heterocycles. The number of methoxy groups -OCH3 is 1. The van der Waals surface area contributed by atoms with Crippen LogP contribution in [-0.4, -0.2) is 138 Å². The molecule has 0 aliphatic carbocycles. The molecular formula is C87H92N2O19. The van der Waals surface area contributed by atoms with Crippen molar-refractivity contribution in [3.05, 3.63) is 330 Å². The molecule has 0 saturated carbocycles. The van der Waals surface area contributed by atoms with Crippen molar-refractivity contribution in [2.45, 2.75) is 151 Å². The Bertz CT molecular complexity index is 4090. The molecule has 16 atom stereocenters. The molecule has 0 bridgehead atoms. The molecular weight excluding hydrogens is 1380 g/mol. The van der Waals surface area contributed by atoms with Crippen molar-refractivity contribution in [3.63, 3.8) is 0 Å². The smallest absolute Gasteiger partial charge is 0.409 e. The molecule has 108 heavy (non-hydrogen) atoms. The van der Waals surface area contributed by atoms with E-state index in [0.717, 1.165) is 44.5 Å². The summed E-state index contributed by atoms with van der Waals surface area (Å²) < 4.78 is 114. The van der Waals surface area contributed by atoms with E-state index in [1.165, 1.54) is 6.08 Å². The molecule has 2 amide bonds. The first-order valence-electron chi connectivity index (χ1n) is 36.5. The lowest BCUT2D eigenvalue weighted by Gasteiger charge is -2.49. The number of ether oxygens (including phenoxy) is 17. The highest BCUT2D eigenvalue weighted by Gasteiger charge is 2.57. The average Bonchev–Trinajstić information content (AvgIpc) is 0.773. The highest BCUT2D eigenvalue weighted by molar-refractivity contribution is 5.69. The topological polar surface area (TPSA) is 215 Å². The first-order chi connectivity index (χ1) is 53.3. The van der Waals surface area contributed by atoms with Crippen LogP contribution in [0.3, 0.4) is 0 Å². The summed E-state index contributed by atoms with van der Waals surface area (Å²) in [6.45, 7) is 4.91. The van der Waals surface area contributed by atoms with Crippen molar-refractivity contribution in [2.24, 2.45) is 0 Å². The zero-order chi connectivity index (χ0) is 73.9. The van der Waals surface area contributed by atoms with Crippen molar-refractivity contribution < 1.29 is 90.1 Å². The molecule has 0 aromatic heterocycles. The number of amides is 2. The van der Waals surface area contributed by atoms with Crippen molar-refractivity contribution in [1.82, 2.24) is 10.6 Å². The van der Waals surface area contributed by atoms with Gasteiger partial charge in [0.25, 0.3) is 0 Å². The van der Waals surface area contributed by atoms with Crippen LogP contribution >= 0.6 is 0 Å². The Balaban J connectivity index is 0.848. The number of alkyl carbamates (subject to hydrolysis) is 2. The highest BCUT2D eigenvalue weighted by Crippen LogP contribution is 2.39. The Morgan fingerprint density at radius 1 is 0.380 bits per heavy atom. The van der Waals surface area contributed by atoms with Crippen molar-refractivity contribution in [2.75, 3.05) is 33.5 Å². The van der Waals surface area contributed by atoms with E-state index in [1.807, 2.05) is 243 Å². The van der Waals surface area contributed by atoms with Gasteiger partial charge in [-0.1, -0.05) is 261 Å². The van der Waals surface area contributed by atoms with Crippen LogP contribution in [0, 0.1) is 0 Å². The van der Waals surface area contributed by atoms with Crippen LogP contribution in [0.15, 0.2) is 280 Å². The Morgan fingerprint density at radius 3 is 1.06 bits per heavy atom. The Kier molecular flexibility index (Phi) is 28.5. The van der Waals surface area contributed by atoms with Crippen molar-refractivity contribution in [3.8, 4) is 5.75 Å². The molecule has 9 aromatic rings. The Hall–Kier alpha value is -9.50. The normalized spacial score (nSPS) is 25.3. The van der Waals surface area contributed by atoms with Crippen molar-refractivity contribution >= 4 is 12.2 Å². The third-order valence-electron chi connectivity index (χ3n) is 18.8. The molecule has 4 saturated heterocycles. The summed E-state index contributed by atoms with van der Waals surface area (Å²) >= 11 is 0. The third-order valence-corrected chi connectivity index (χ3v) is 18.8. The van der Waals surface area contributed by atoms with Gasteiger partial charge in [0.1, 0.15) is 66.8 Å². The van der Waals surface area contributed by atoms with Gasteiger partial charge in [-0.25, -0.2) is 9.59 Å². The van der Waals surface area contributed by atoms with E-state index < -0.39 is 110 Å². The van der Waals surface area contributed by atoms with E-state index in [4.69, 9.17) is 80.5 Å². The number of carbonyl (C=O) groups excluding carboxylic acids is 2. The second-order valence-corrected chi connectivity index (χ2v) is 26.5. The lowest BCUT2D eigenvalue weighted by Crippen LogP contribution is -2.68. The summed E-state index contributed by atoms with van der Waals surface area (Å²) in [6, 6.07) is 84.9. The molecule has 21 heteroatoms. The number of hydrogen-bond acceptors (Lipinski definition) is 19. The third kappa shape index (κ3) is 21.7. The number of hydrogen-bond donors (Lipinski definition) is 2. The summed E-state index contributed by atoms with van der Waals surface area (Å²) in [4.78, 5) is 31.4. The van der Waals surface area contributed by atoms with E-state index in [2.05, 4.69) is 17.2 Å². The fraction of sp³-hybridized carbons (Fsp3) is 0.333. The van der Waals surface area contributed by atoms with Gasteiger partial charge in [0.2, 0.25) is 0 Å². The van der Waals surface area contributed by atoms with Gasteiger partial charge in [-0.05, 0) is 56.6 Å². The van der Waals surface area contributed by atoms with Gasteiger partial charge < -0.3 is 80.5 Å². The number of benzene rings is 9. The minimum atomic E-state index is -1.62. The van der Waals surface area contributed by atoms with Gasteiger partial charge in [-0.15, -0.1) is 6.58 Å². The van der Waals surface area contributed by atoms with Crippen LogP contribution in [0.5, 0.6) is 5.75 Å². The zero-order valence-electron chi connectivity index (χ0n) is 60.2. The lowest BCUT2D eigenvalue weighted by atomic mass is 9.96. The van der Waals surface area contributed by atoms with Crippen LogP contribution < -0.4 is 15.4 Å². The van der Waals surface area contributed by atoms with Gasteiger partial charge in [0.05, 0.1) is 86.4 Å². The lowest BCUT2D eigenvalue weighted by molar-refractivity contribution is -0.358. The van der Waals surface area contributed by atoms with Gasteiger partial charge in [-0.3, -0.25) is 10.6 Å². The first kappa shape index (κ1) is 76.7. The number of carbonyl (C=O) groups is 2. The summed E-state index contributed by atoms with van der Waals surface area (Å²) in [6.07, 6.45) is -18.7. The molecule has 0 radical (unpaired) electrons. The van der Waals surface area contributed by atoms with E-state index in [0.29, 0.717) is 11.3 Å². The SMILES string of the molecule is C=CCO[C@@H]1O[C@@H]2COC(c3ccc(OC)cc3)O[C@H]2[C@H](OC(=O)N[C@@H]2O[C@H](COCc3ccccc3)[C@@H](OCc3ccccc3)[C@H](OCc3ccccc3)[C@H]2OCc2ccccc2)[C@H]1OC(=O)N[C@@H]1O[C@H](COCc2ccccc2)[C@@H](OCc2ccccc2)[C@H](OCc2ccccc2)[C@H]1OCc1ccccc1. The standard InChI is InChI=1S/C87H92N2O19/c1-3-48-95-85-81(108-87(91)89-83-80(101-56-67-42-26-11-27-43-67)77(99-54-65-38-22-9-23-39-65)74(97-52-63-34-18-7-19-35-63)71(104-83)58-94-50-61-30-14-5-15-31-61)78(75-72(105-85)59-102-84(106-75)68-44-46-69(92-2)47-45-68)107-86(90)88-82-79(100-55-66-40-24-10-25-41-66)76(98-53-64-36-20-8-21-37-64)73(96-51-62-32-16-6-17-33-62)70(103-82)57-93-49-60-28-12-4-13-29-60/h3-47,70-85H,1,48-59H2,2H3,(H,88,90)(H,89,91)/t70-,71-,72-,73-,74-,75-,76+,77+,78+,79-,80-,81-,82-,83-,84?,85-/m1/s1. The Morgan fingerprint density at radius 2 is 0.713 bits per heavy atom. The van der Waals surface area contributed by atoms with E-state index in [9.17, 15) is 0 Å². The fourth-order valence-corrected chi connectivity index (χ4v) is 13.4. The summed E-state index contributed by atoms with van der Waals surface area (Å²) in [5, 5.41) is 6.08. The van der Waals surface area contributed by atoms with Crippen LogP contribution in [-0.2, 0) is 129 Å². The molecule has 0 spiro atoms. The average molecular weight is 1470 g/mol. The summed E-state index contributed by atoms with van der Waals surface area (Å²) in [5.41, 5.74) is 7.69. The molecule has 9 aromatic carbocycles. The largest absolute Gasteiger partial charge is 0.497 e. The van der Waals surface area contributed by atoms with Crippen LogP contribution in [0.2, 0.25) is 0 Å². The van der Waals surface area contributed by atoms with Crippen LogP contribution in [0.1, 0.15) is 56.4 Å². The first-order valence-corrected chi connectivity index (χ1v) is 36.5. The van der Waals surface area contributed by atoms with E-state index in [1.54, 1.807) is 31.4 Å². The fourth-order valence-electron chi connectivity index (χ4n) is 13.4. The predicted molar refractivity (Wildman–Crippen MR) is 398 cm³/mol. The van der Waals surface area contributed by atoms with Crippen LogP contribution in [0.25, 0.3) is 0 Å². The molecule has 21 nitrogen and oxygen atoms in total. The highest BCUT2D eigenvalue weighted by atomic mass is 16.8. The van der Waals surface area contributed by atoms with E-state index in [-0.39, 0.29) is 79.3 Å². The predicted octanol–water partition coefficient (Wildman–Crippen LogP) is 13.6. The molecule has 13 rings (SSSR count). The summed E-state index contributed by atoms with van der Waals surface area (Å²) in [5.74, 6) is 0.598. The maximum Gasteiger partial charge on any atom is 0.409 e. The molecule has 1 unspecified atom stereocenters. The van der Waals surface area contributed by atoms with Gasteiger partial charge in [0.15, 0.2) is 37.2 Å². The maximum absolute atomic E-state index is 15.8. The molecule has 4 aliphatic rings. The number of fused-ring (bicyclic) bond motifs is 1. The Labute approximate surface area is 630 Å². The quantitative estimate of drug-likeness (QED) is 0.0353.